The highest BCUT2D eigenvalue weighted by Gasteiger charge is 2.36. The number of pyridine rings is 1. The summed E-state index contributed by atoms with van der Waals surface area (Å²) in [6.45, 7) is 4.54. The van der Waals surface area contributed by atoms with E-state index in [0.29, 0.717) is 11.3 Å². The van der Waals surface area contributed by atoms with Crippen molar-refractivity contribution in [1.82, 2.24) is 15.2 Å². The Labute approximate surface area is 253 Å². The van der Waals surface area contributed by atoms with Crippen LogP contribution in [0.4, 0.5) is 5.69 Å². The zero-order valence-electron chi connectivity index (χ0n) is 24.9. The van der Waals surface area contributed by atoms with Gasteiger partial charge in [0.15, 0.2) is 0 Å². The van der Waals surface area contributed by atoms with Crippen molar-refractivity contribution < 1.29 is 23.9 Å². The van der Waals surface area contributed by atoms with Gasteiger partial charge in [0.05, 0.1) is 23.9 Å². The van der Waals surface area contributed by atoms with Crippen molar-refractivity contribution in [2.45, 2.75) is 77.2 Å². The Bertz CT molecular complexity index is 1400. The maximum atomic E-state index is 13.1. The van der Waals surface area contributed by atoms with Gasteiger partial charge in [-0.05, 0) is 73.8 Å². The number of aryl methyl sites for hydroxylation is 1. The minimum absolute atomic E-state index is 0.0467. The Morgan fingerprint density at radius 2 is 1.79 bits per heavy atom. The molecule has 43 heavy (non-hydrogen) atoms. The van der Waals surface area contributed by atoms with Crippen LogP contribution in [-0.4, -0.2) is 58.5 Å². The Kier molecular flexibility index (Phi) is 9.92. The summed E-state index contributed by atoms with van der Waals surface area (Å²) in [6.07, 6.45) is 10.7. The Balaban J connectivity index is 1.10. The van der Waals surface area contributed by atoms with Crippen LogP contribution in [0.3, 0.4) is 0 Å². The van der Waals surface area contributed by atoms with Gasteiger partial charge < -0.3 is 25.1 Å². The molecule has 2 aromatic heterocycles. The molecule has 2 fully saturated rings. The topological polar surface area (TPSA) is 125 Å². The molecule has 3 aromatic rings. The molecule has 9 heteroatoms. The molecule has 0 atom stereocenters. The van der Waals surface area contributed by atoms with Gasteiger partial charge in [-0.3, -0.25) is 19.4 Å². The van der Waals surface area contributed by atoms with Crippen LogP contribution in [0.1, 0.15) is 79.5 Å². The number of nitrogens with one attached hydrogen (secondary N) is 2. The maximum Gasteiger partial charge on any atom is 0.303 e. The Morgan fingerprint density at radius 1 is 1.02 bits per heavy atom. The number of benzene rings is 1. The molecule has 228 valence electrons. The predicted octanol–water partition coefficient (Wildman–Crippen LogP) is 5.84. The van der Waals surface area contributed by atoms with Crippen LogP contribution >= 0.6 is 0 Å². The molecule has 1 saturated heterocycles. The van der Waals surface area contributed by atoms with E-state index < -0.39 is 11.4 Å². The third kappa shape index (κ3) is 8.10. The number of carboxylic acid groups (broad SMARTS) is 1. The fourth-order valence-corrected chi connectivity index (χ4v) is 6.58. The van der Waals surface area contributed by atoms with Crippen LogP contribution in [0.15, 0.2) is 59.3 Å². The Hall–Kier alpha value is -3.98. The number of para-hydroxylation sites is 1. The molecule has 5 rings (SSSR count). The van der Waals surface area contributed by atoms with Gasteiger partial charge in [0, 0.05) is 44.0 Å². The third-order valence-corrected chi connectivity index (χ3v) is 8.95. The average Bonchev–Trinajstić information content (AvgIpc) is 3.48. The normalized spacial score (nSPS) is 17.3. The van der Waals surface area contributed by atoms with E-state index in [1.165, 1.54) is 6.26 Å². The molecule has 0 unspecified atom stereocenters. The third-order valence-electron chi connectivity index (χ3n) is 8.95. The molecular weight excluding hydrogens is 544 g/mol. The molecule has 3 N–H and O–H groups in total. The molecule has 2 aliphatic rings. The average molecular weight is 587 g/mol. The number of aliphatic carboxylic acids is 1. The van der Waals surface area contributed by atoms with Gasteiger partial charge in [-0.15, -0.1) is 0 Å². The number of carbonyl (C=O) groups excluding carboxylic acids is 2. The number of hydrogen-bond acceptors (Lipinski definition) is 6. The van der Waals surface area contributed by atoms with Crippen LogP contribution in [0, 0.1) is 12.3 Å². The summed E-state index contributed by atoms with van der Waals surface area (Å²) in [7, 11) is 0. The number of amides is 2. The van der Waals surface area contributed by atoms with Gasteiger partial charge in [-0.2, -0.15) is 0 Å². The standard InChI is InChI=1S/C34H42N4O5/c1-24-9-10-29(35-23-24)27-14-20-43-32(27)33(42)36-26-12-18-38(19-13-26)17-11-25-7-3-4-8-28(25)37-30(39)21-34(22-31(40)41)15-5-2-6-16-34/h3-4,7-10,14,20,23,26H,2,5-6,11-13,15-19,21-22H2,1H3,(H,36,42)(H,37,39)(H,40,41). The van der Waals surface area contributed by atoms with Crippen molar-refractivity contribution >= 4 is 23.5 Å². The second kappa shape index (κ2) is 14.0. The second-order valence-corrected chi connectivity index (χ2v) is 12.2. The lowest BCUT2D eigenvalue weighted by Gasteiger charge is -2.35. The fraction of sp³-hybridized carbons (Fsp3) is 0.471. The van der Waals surface area contributed by atoms with Crippen LogP contribution < -0.4 is 10.6 Å². The quantitative estimate of drug-likeness (QED) is 0.258. The largest absolute Gasteiger partial charge is 0.481 e. The number of anilines is 1. The molecule has 2 amide bonds. The van der Waals surface area contributed by atoms with E-state index in [-0.39, 0.29) is 36.5 Å². The van der Waals surface area contributed by atoms with Crippen molar-refractivity contribution in [2.75, 3.05) is 25.0 Å². The van der Waals surface area contributed by atoms with Gasteiger partial charge in [0.2, 0.25) is 11.7 Å². The molecule has 1 aliphatic heterocycles. The van der Waals surface area contributed by atoms with E-state index in [1.54, 1.807) is 12.3 Å². The van der Waals surface area contributed by atoms with Crippen molar-refractivity contribution in [3.63, 3.8) is 0 Å². The summed E-state index contributed by atoms with van der Waals surface area (Å²) < 4.78 is 5.55. The van der Waals surface area contributed by atoms with Crippen LogP contribution in [-0.2, 0) is 16.0 Å². The number of nitrogens with zero attached hydrogens (tertiary/aromatic N) is 2. The summed E-state index contributed by atoms with van der Waals surface area (Å²) in [5, 5.41) is 15.7. The van der Waals surface area contributed by atoms with Gasteiger partial charge in [0.1, 0.15) is 0 Å². The van der Waals surface area contributed by atoms with Gasteiger partial charge in [-0.25, -0.2) is 0 Å². The first-order chi connectivity index (χ1) is 20.8. The number of hydrogen-bond donors (Lipinski definition) is 3. The van der Waals surface area contributed by atoms with E-state index in [4.69, 9.17) is 4.42 Å². The van der Waals surface area contributed by atoms with Crippen molar-refractivity contribution in [3.8, 4) is 11.3 Å². The lowest BCUT2D eigenvalue weighted by Crippen LogP contribution is -2.45. The summed E-state index contributed by atoms with van der Waals surface area (Å²) in [5.74, 6) is -0.868. The van der Waals surface area contributed by atoms with Gasteiger partial charge in [0.25, 0.3) is 5.91 Å². The zero-order chi connectivity index (χ0) is 30.2. The summed E-state index contributed by atoms with van der Waals surface area (Å²) in [5.41, 5.74) is 3.88. The molecule has 1 aromatic carbocycles. The number of furan rings is 1. The number of likely N-dealkylation sites (tertiary alicyclic amines) is 1. The van der Waals surface area contributed by atoms with E-state index in [9.17, 15) is 19.5 Å². The summed E-state index contributed by atoms with van der Waals surface area (Å²) in [6, 6.07) is 13.6. The zero-order valence-corrected chi connectivity index (χ0v) is 24.9. The van der Waals surface area contributed by atoms with E-state index in [0.717, 1.165) is 87.8 Å². The number of aromatic nitrogens is 1. The van der Waals surface area contributed by atoms with Crippen LogP contribution in [0.2, 0.25) is 0 Å². The molecule has 1 aliphatic carbocycles. The number of rotatable bonds is 11. The molecule has 0 spiro atoms. The highest BCUT2D eigenvalue weighted by Crippen LogP contribution is 2.42. The maximum absolute atomic E-state index is 13.1. The van der Waals surface area contributed by atoms with Crippen LogP contribution in [0.5, 0.6) is 0 Å². The molecule has 1 saturated carbocycles. The molecule has 9 nitrogen and oxygen atoms in total. The van der Waals surface area contributed by atoms with Crippen molar-refractivity contribution in [1.29, 1.82) is 0 Å². The van der Waals surface area contributed by atoms with E-state index >= 15 is 0 Å². The van der Waals surface area contributed by atoms with Gasteiger partial charge in [-0.1, -0.05) is 43.5 Å². The molecular formula is C34H42N4O5. The minimum atomic E-state index is -0.830. The smallest absolute Gasteiger partial charge is 0.303 e. The van der Waals surface area contributed by atoms with E-state index in [2.05, 4.69) is 20.5 Å². The van der Waals surface area contributed by atoms with Crippen molar-refractivity contribution in [2.24, 2.45) is 5.41 Å². The SMILES string of the molecule is Cc1ccc(-c2ccoc2C(=O)NC2CCN(CCc3ccccc3NC(=O)CC3(CC(=O)O)CCCCC3)CC2)nc1. The summed E-state index contributed by atoms with van der Waals surface area (Å²) >= 11 is 0. The highest BCUT2D eigenvalue weighted by molar-refractivity contribution is 5.98. The first-order valence-electron chi connectivity index (χ1n) is 15.4. The monoisotopic (exact) mass is 586 g/mol. The number of carboxylic acids is 1. The Morgan fingerprint density at radius 3 is 2.51 bits per heavy atom. The molecule has 3 heterocycles. The lowest BCUT2D eigenvalue weighted by molar-refractivity contribution is -0.141. The minimum Gasteiger partial charge on any atom is -0.481 e. The number of piperidine rings is 1. The van der Waals surface area contributed by atoms with Crippen molar-refractivity contribution in [3.05, 3.63) is 71.8 Å². The lowest BCUT2D eigenvalue weighted by atomic mass is 9.69. The molecule has 0 bridgehead atoms. The summed E-state index contributed by atoms with van der Waals surface area (Å²) in [4.78, 5) is 44.5. The second-order valence-electron chi connectivity index (χ2n) is 12.2. The fourth-order valence-electron chi connectivity index (χ4n) is 6.58. The van der Waals surface area contributed by atoms with Gasteiger partial charge >= 0.3 is 5.97 Å². The predicted molar refractivity (Wildman–Crippen MR) is 165 cm³/mol. The van der Waals surface area contributed by atoms with Crippen LogP contribution in [0.25, 0.3) is 11.3 Å². The van der Waals surface area contributed by atoms with E-state index in [1.807, 2.05) is 43.3 Å². The highest BCUT2D eigenvalue weighted by atomic mass is 16.4. The number of carbonyl (C=O) groups is 3. The first kappa shape index (κ1) is 30.5. The molecule has 0 radical (unpaired) electrons. The first-order valence-corrected chi connectivity index (χ1v) is 15.4.